The number of nitrogen functional groups attached to an aromatic ring is 1. The van der Waals surface area contributed by atoms with Crippen LogP contribution in [0.4, 0.5) is 5.82 Å². The third kappa shape index (κ3) is 2.13. The maximum atomic E-state index is 11.4. The van der Waals surface area contributed by atoms with E-state index in [0.717, 1.165) is 0 Å². The van der Waals surface area contributed by atoms with Gasteiger partial charge in [0.25, 0.3) is 0 Å². The number of nitrogens with zero attached hydrogens (tertiary/aromatic N) is 4. The smallest absolute Gasteiger partial charge is 0.199 e. The molecule has 4 atom stereocenters. The number of aromatic nitrogens is 4. The van der Waals surface area contributed by atoms with E-state index in [4.69, 9.17) is 15.6 Å². The number of aliphatic hydroxyl groups is 3. The molecule has 1 fully saturated rings. The van der Waals surface area contributed by atoms with Crippen molar-refractivity contribution in [3.05, 3.63) is 12.2 Å². The van der Waals surface area contributed by atoms with Gasteiger partial charge in [0.15, 0.2) is 29.3 Å². The summed E-state index contributed by atoms with van der Waals surface area (Å²) in [5.74, 6) is -0.429. The predicted octanol–water partition coefficient (Wildman–Crippen LogP) is -1.78. The summed E-state index contributed by atoms with van der Waals surface area (Å²) >= 11 is 0. The molecule has 1 saturated heterocycles. The first kappa shape index (κ1) is 14.8. The normalized spacial score (nSPS) is 28.4. The van der Waals surface area contributed by atoms with Gasteiger partial charge in [-0.05, 0) is 0 Å². The van der Waals surface area contributed by atoms with Crippen LogP contribution >= 0.6 is 0 Å². The Balaban J connectivity index is 2.10. The molecule has 0 aliphatic carbocycles. The second-order valence-corrected chi connectivity index (χ2v) is 5.04. The third-order valence-electron chi connectivity index (χ3n) is 3.55. The number of Topliss-reactive ketones (excluding diaryl/α,β-unsaturated/α-hetero) is 1. The molecule has 10 heteroatoms. The maximum absolute atomic E-state index is 11.4. The summed E-state index contributed by atoms with van der Waals surface area (Å²) in [6.07, 6.45) is -3.15. The monoisotopic (exact) mass is 309 g/mol. The zero-order valence-electron chi connectivity index (χ0n) is 11.6. The molecule has 2 aromatic rings. The Morgan fingerprint density at radius 1 is 1.41 bits per heavy atom. The highest BCUT2D eigenvalue weighted by Crippen LogP contribution is 2.31. The molecule has 0 spiro atoms. The topological polar surface area (TPSA) is 157 Å². The van der Waals surface area contributed by atoms with Crippen LogP contribution in [0.5, 0.6) is 0 Å². The van der Waals surface area contributed by atoms with Gasteiger partial charge in [-0.3, -0.25) is 9.36 Å². The van der Waals surface area contributed by atoms with Gasteiger partial charge in [-0.2, -0.15) is 0 Å². The summed E-state index contributed by atoms with van der Waals surface area (Å²) in [6, 6.07) is 0. The number of carbonyl (C=O) groups excluding carboxylic acids is 1. The molecule has 0 radical (unpaired) electrons. The van der Waals surface area contributed by atoms with E-state index in [9.17, 15) is 15.0 Å². The zero-order chi connectivity index (χ0) is 16.0. The van der Waals surface area contributed by atoms with Crippen molar-refractivity contribution in [2.24, 2.45) is 0 Å². The molecule has 5 N–H and O–H groups in total. The summed E-state index contributed by atoms with van der Waals surface area (Å²) in [4.78, 5) is 23.4. The molecular weight excluding hydrogens is 294 g/mol. The molecule has 3 rings (SSSR count). The lowest BCUT2D eigenvalue weighted by atomic mass is 10.1. The number of ether oxygens (including phenoxy) is 1. The summed E-state index contributed by atoms with van der Waals surface area (Å²) in [5, 5.41) is 29.0. The molecule has 0 amide bonds. The van der Waals surface area contributed by atoms with Gasteiger partial charge in [-0.25, -0.2) is 15.0 Å². The van der Waals surface area contributed by atoms with Crippen molar-refractivity contribution in [1.82, 2.24) is 19.5 Å². The lowest BCUT2D eigenvalue weighted by molar-refractivity contribution is -0.0511. The van der Waals surface area contributed by atoms with Gasteiger partial charge >= 0.3 is 0 Å². The van der Waals surface area contributed by atoms with Crippen molar-refractivity contribution in [2.75, 3.05) is 12.3 Å². The SMILES string of the molecule is CC(=O)c1nc(N)c2ncn(C3O[C@H](CO)[C@@H](O)[C@H]3O)c2n1. The van der Waals surface area contributed by atoms with E-state index >= 15 is 0 Å². The van der Waals surface area contributed by atoms with Crippen LogP contribution in [0.15, 0.2) is 6.33 Å². The van der Waals surface area contributed by atoms with Gasteiger partial charge < -0.3 is 25.8 Å². The minimum atomic E-state index is -1.29. The van der Waals surface area contributed by atoms with Crippen LogP contribution in [-0.4, -0.2) is 65.5 Å². The van der Waals surface area contributed by atoms with Gasteiger partial charge in [0.2, 0.25) is 0 Å². The highest BCUT2D eigenvalue weighted by Gasteiger charge is 2.44. The number of carbonyl (C=O) groups is 1. The Labute approximate surface area is 124 Å². The second-order valence-electron chi connectivity index (χ2n) is 5.04. The summed E-state index contributed by atoms with van der Waals surface area (Å²) in [7, 11) is 0. The van der Waals surface area contributed by atoms with Crippen molar-refractivity contribution in [3.63, 3.8) is 0 Å². The molecule has 2 aromatic heterocycles. The van der Waals surface area contributed by atoms with Crippen molar-refractivity contribution < 1.29 is 24.9 Å². The molecule has 1 aliphatic heterocycles. The molecule has 0 bridgehead atoms. The van der Waals surface area contributed by atoms with Crippen LogP contribution in [0, 0.1) is 0 Å². The van der Waals surface area contributed by atoms with Crippen LogP contribution < -0.4 is 5.73 Å². The third-order valence-corrected chi connectivity index (χ3v) is 3.55. The van der Waals surface area contributed by atoms with Gasteiger partial charge in [-0.1, -0.05) is 0 Å². The molecule has 1 unspecified atom stereocenters. The number of hydrogen-bond acceptors (Lipinski definition) is 9. The minimum absolute atomic E-state index is 0.0284. The van der Waals surface area contributed by atoms with E-state index in [2.05, 4.69) is 15.0 Å². The predicted molar refractivity (Wildman–Crippen MR) is 72.7 cm³/mol. The Kier molecular flexibility index (Phi) is 3.53. The standard InChI is InChI=1S/C12H15N5O5/c1-4(19)10-15-9(13)6-11(16-10)17(3-14-6)12-8(21)7(20)5(2-18)22-12/h3,5,7-8,12,18,20-21H,2H2,1H3,(H2,13,15,16)/t5-,7-,8-,12?/m1/s1. The summed E-state index contributed by atoms with van der Waals surface area (Å²) in [5.41, 5.74) is 6.20. The molecular formula is C12H15N5O5. The number of anilines is 1. The lowest BCUT2D eigenvalue weighted by Crippen LogP contribution is -2.33. The molecule has 22 heavy (non-hydrogen) atoms. The first-order chi connectivity index (χ1) is 10.4. The second kappa shape index (κ2) is 5.25. The Bertz CT molecular complexity index is 732. The Morgan fingerprint density at radius 3 is 2.73 bits per heavy atom. The molecule has 1 aliphatic rings. The number of fused-ring (bicyclic) bond motifs is 1. The molecule has 10 nitrogen and oxygen atoms in total. The number of nitrogens with two attached hydrogens (primary N) is 1. The number of ketones is 1. The fourth-order valence-corrected chi connectivity index (χ4v) is 2.39. The Morgan fingerprint density at radius 2 is 2.14 bits per heavy atom. The fourth-order valence-electron chi connectivity index (χ4n) is 2.39. The van der Waals surface area contributed by atoms with Gasteiger partial charge in [0.05, 0.1) is 12.9 Å². The van der Waals surface area contributed by atoms with Crippen molar-refractivity contribution in [2.45, 2.75) is 31.5 Å². The lowest BCUT2D eigenvalue weighted by Gasteiger charge is -2.16. The van der Waals surface area contributed by atoms with Crippen LogP contribution in [0.3, 0.4) is 0 Å². The van der Waals surface area contributed by atoms with E-state index in [1.807, 2.05) is 0 Å². The Hall–Kier alpha value is -2.14. The van der Waals surface area contributed by atoms with E-state index in [0.29, 0.717) is 0 Å². The van der Waals surface area contributed by atoms with Crippen LogP contribution in [0.25, 0.3) is 11.2 Å². The van der Waals surface area contributed by atoms with Gasteiger partial charge in [0.1, 0.15) is 23.8 Å². The fraction of sp³-hybridized carbons (Fsp3) is 0.500. The van der Waals surface area contributed by atoms with Crippen LogP contribution in [0.2, 0.25) is 0 Å². The highest BCUT2D eigenvalue weighted by atomic mass is 16.6. The maximum Gasteiger partial charge on any atom is 0.199 e. The average molecular weight is 309 g/mol. The van der Waals surface area contributed by atoms with Gasteiger partial charge in [-0.15, -0.1) is 0 Å². The molecule has 118 valence electrons. The van der Waals surface area contributed by atoms with E-state index in [1.54, 1.807) is 0 Å². The quantitative estimate of drug-likeness (QED) is 0.481. The van der Waals surface area contributed by atoms with Crippen molar-refractivity contribution >= 4 is 22.8 Å². The van der Waals surface area contributed by atoms with E-state index in [1.165, 1.54) is 17.8 Å². The highest BCUT2D eigenvalue weighted by molar-refractivity contribution is 5.93. The number of rotatable bonds is 3. The summed E-state index contributed by atoms with van der Waals surface area (Å²) < 4.78 is 6.77. The average Bonchev–Trinajstić information content (AvgIpc) is 3.02. The van der Waals surface area contributed by atoms with E-state index in [-0.39, 0.29) is 28.6 Å². The number of imidazole rings is 1. The summed E-state index contributed by atoms with van der Waals surface area (Å²) in [6.45, 7) is 0.852. The van der Waals surface area contributed by atoms with Crippen molar-refractivity contribution in [3.8, 4) is 0 Å². The first-order valence-corrected chi connectivity index (χ1v) is 6.57. The van der Waals surface area contributed by atoms with Crippen LogP contribution in [0.1, 0.15) is 23.8 Å². The van der Waals surface area contributed by atoms with E-state index < -0.39 is 31.1 Å². The van der Waals surface area contributed by atoms with Crippen molar-refractivity contribution in [1.29, 1.82) is 0 Å². The first-order valence-electron chi connectivity index (χ1n) is 6.57. The molecule has 3 heterocycles. The number of aliphatic hydroxyl groups excluding tert-OH is 3. The molecule has 0 saturated carbocycles. The largest absolute Gasteiger partial charge is 0.394 e. The molecule has 0 aromatic carbocycles. The minimum Gasteiger partial charge on any atom is -0.394 e. The van der Waals surface area contributed by atoms with Crippen LogP contribution in [-0.2, 0) is 4.74 Å². The zero-order valence-corrected chi connectivity index (χ0v) is 11.6. The van der Waals surface area contributed by atoms with Gasteiger partial charge in [0, 0.05) is 6.92 Å². The number of hydrogen-bond donors (Lipinski definition) is 4.